The van der Waals surface area contributed by atoms with Gasteiger partial charge in [0.25, 0.3) is 0 Å². The van der Waals surface area contributed by atoms with Crippen LogP contribution in [0.5, 0.6) is 0 Å². The molecule has 0 bridgehead atoms. The third-order valence-electron chi connectivity index (χ3n) is 3.07. The number of carbonyl (C=O) groups excluding carboxylic acids is 1. The summed E-state index contributed by atoms with van der Waals surface area (Å²) in [4.78, 5) is 12.2. The van der Waals surface area contributed by atoms with Crippen molar-refractivity contribution < 1.29 is 4.79 Å². The Morgan fingerprint density at radius 2 is 2.06 bits per heavy atom. The van der Waals surface area contributed by atoms with Crippen molar-refractivity contribution in [3.05, 3.63) is 15.9 Å². The van der Waals surface area contributed by atoms with Crippen molar-refractivity contribution in [2.24, 2.45) is 11.1 Å². The Morgan fingerprint density at radius 3 is 2.50 bits per heavy atom. The molecule has 1 atom stereocenters. The maximum absolute atomic E-state index is 12.2. The van der Waals surface area contributed by atoms with Crippen molar-refractivity contribution in [3.8, 4) is 0 Å². The standard InChI is InChI=1S/C13H22BrN3O/c1-6-17-9(11(14)8(2)16-17)7-10(18)12(15)13(3,4)5/h12H,6-7,15H2,1-5H3. The van der Waals surface area contributed by atoms with Gasteiger partial charge in [-0.15, -0.1) is 0 Å². The van der Waals surface area contributed by atoms with Crippen LogP contribution in [0.15, 0.2) is 4.47 Å². The molecule has 0 fully saturated rings. The van der Waals surface area contributed by atoms with Crippen molar-refractivity contribution in [2.45, 2.75) is 53.6 Å². The third kappa shape index (κ3) is 3.20. The second-order valence-electron chi connectivity index (χ2n) is 5.65. The monoisotopic (exact) mass is 315 g/mol. The fourth-order valence-electron chi connectivity index (χ4n) is 1.80. The van der Waals surface area contributed by atoms with Crippen molar-refractivity contribution in [2.75, 3.05) is 0 Å². The molecule has 4 nitrogen and oxygen atoms in total. The highest BCUT2D eigenvalue weighted by Gasteiger charge is 2.28. The molecule has 0 saturated carbocycles. The third-order valence-corrected chi connectivity index (χ3v) is 4.11. The van der Waals surface area contributed by atoms with Gasteiger partial charge in [-0.3, -0.25) is 9.48 Å². The van der Waals surface area contributed by atoms with Crippen LogP contribution in [-0.2, 0) is 17.8 Å². The molecule has 102 valence electrons. The van der Waals surface area contributed by atoms with E-state index in [4.69, 9.17) is 5.73 Å². The van der Waals surface area contributed by atoms with Gasteiger partial charge in [0.2, 0.25) is 0 Å². The summed E-state index contributed by atoms with van der Waals surface area (Å²) in [6.07, 6.45) is 0.327. The Balaban J connectivity index is 2.95. The maximum Gasteiger partial charge on any atom is 0.156 e. The number of carbonyl (C=O) groups is 1. The molecule has 1 aromatic heterocycles. The molecule has 0 aliphatic heterocycles. The quantitative estimate of drug-likeness (QED) is 0.928. The minimum absolute atomic E-state index is 0.0535. The van der Waals surface area contributed by atoms with Crippen LogP contribution >= 0.6 is 15.9 Å². The summed E-state index contributed by atoms with van der Waals surface area (Å²) in [7, 11) is 0. The molecule has 0 saturated heterocycles. The fraction of sp³-hybridized carbons (Fsp3) is 0.692. The van der Waals surface area contributed by atoms with E-state index in [2.05, 4.69) is 21.0 Å². The molecule has 0 aliphatic rings. The number of Topliss-reactive ketones (excluding diaryl/α,β-unsaturated/α-hetero) is 1. The Bertz CT molecular complexity index is 446. The summed E-state index contributed by atoms with van der Waals surface area (Å²) in [6, 6.07) is -0.454. The summed E-state index contributed by atoms with van der Waals surface area (Å²) in [5, 5.41) is 4.38. The molecular formula is C13H22BrN3O. The van der Waals surface area contributed by atoms with E-state index < -0.39 is 6.04 Å². The second-order valence-corrected chi connectivity index (χ2v) is 6.44. The second kappa shape index (κ2) is 5.53. The van der Waals surface area contributed by atoms with Gasteiger partial charge in [-0.1, -0.05) is 20.8 Å². The van der Waals surface area contributed by atoms with Crippen LogP contribution in [0.2, 0.25) is 0 Å². The van der Waals surface area contributed by atoms with E-state index in [0.29, 0.717) is 6.42 Å². The average molecular weight is 316 g/mol. The lowest BCUT2D eigenvalue weighted by Gasteiger charge is -2.25. The number of nitrogens with zero attached hydrogens (tertiary/aromatic N) is 2. The normalized spacial score (nSPS) is 13.7. The number of nitrogens with two attached hydrogens (primary N) is 1. The lowest BCUT2D eigenvalue weighted by molar-refractivity contribution is -0.121. The molecule has 0 amide bonds. The Hall–Kier alpha value is -0.680. The molecule has 1 unspecified atom stereocenters. The molecule has 1 heterocycles. The number of hydrogen-bond donors (Lipinski definition) is 1. The Morgan fingerprint density at radius 1 is 1.50 bits per heavy atom. The van der Waals surface area contributed by atoms with Crippen LogP contribution in [0.25, 0.3) is 0 Å². The van der Waals surface area contributed by atoms with Gasteiger partial charge in [0.05, 0.1) is 28.3 Å². The molecule has 2 N–H and O–H groups in total. The largest absolute Gasteiger partial charge is 0.321 e. The summed E-state index contributed by atoms with van der Waals surface area (Å²) < 4.78 is 2.77. The zero-order valence-electron chi connectivity index (χ0n) is 11.7. The van der Waals surface area contributed by atoms with E-state index >= 15 is 0 Å². The van der Waals surface area contributed by atoms with Crippen molar-refractivity contribution in [1.29, 1.82) is 0 Å². The first kappa shape index (κ1) is 15.4. The minimum Gasteiger partial charge on any atom is -0.321 e. The van der Waals surface area contributed by atoms with Crippen LogP contribution in [0.3, 0.4) is 0 Å². The van der Waals surface area contributed by atoms with Gasteiger partial charge in [0.1, 0.15) is 0 Å². The van der Waals surface area contributed by atoms with Crippen molar-refractivity contribution in [1.82, 2.24) is 9.78 Å². The van der Waals surface area contributed by atoms with Crippen LogP contribution in [0.4, 0.5) is 0 Å². The van der Waals surface area contributed by atoms with Crippen LogP contribution in [0, 0.1) is 12.3 Å². The molecule has 5 heteroatoms. The number of rotatable bonds is 4. The van der Waals surface area contributed by atoms with E-state index in [1.165, 1.54) is 0 Å². The first-order valence-corrected chi connectivity index (χ1v) is 6.97. The molecule has 0 aromatic carbocycles. The number of halogens is 1. The maximum atomic E-state index is 12.2. The number of ketones is 1. The first-order valence-electron chi connectivity index (χ1n) is 6.18. The molecule has 0 radical (unpaired) electrons. The topological polar surface area (TPSA) is 60.9 Å². The molecule has 1 rings (SSSR count). The molecule has 1 aromatic rings. The van der Waals surface area contributed by atoms with E-state index in [1.54, 1.807) is 0 Å². The van der Waals surface area contributed by atoms with E-state index in [0.717, 1.165) is 22.4 Å². The highest BCUT2D eigenvalue weighted by molar-refractivity contribution is 9.10. The summed E-state index contributed by atoms with van der Waals surface area (Å²) in [5.74, 6) is 0.0535. The summed E-state index contributed by atoms with van der Waals surface area (Å²) in [6.45, 7) is 10.6. The van der Waals surface area contributed by atoms with Crippen LogP contribution in [-0.4, -0.2) is 21.6 Å². The highest BCUT2D eigenvalue weighted by Crippen LogP contribution is 2.24. The van der Waals surface area contributed by atoms with Gasteiger partial charge < -0.3 is 5.73 Å². The van der Waals surface area contributed by atoms with Crippen LogP contribution in [0.1, 0.15) is 39.1 Å². The smallest absolute Gasteiger partial charge is 0.156 e. The first-order chi connectivity index (χ1) is 8.18. The summed E-state index contributed by atoms with van der Waals surface area (Å²) in [5.41, 5.74) is 7.61. The van der Waals surface area contributed by atoms with Crippen molar-refractivity contribution in [3.63, 3.8) is 0 Å². The number of aromatic nitrogens is 2. The van der Waals surface area contributed by atoms with Gasteiger partial charge in [-0.25, -0.2) is 0 Å². The van der Waals surface area contributed by atoms with Gasteiger partial charge in [0.15, 0.2) is 5.78 Å². The zero-order chi connectivity index (χ0) is 14.1. The lowest BCUT2D eigenvalue weighted by Crippen LogP contribution is -2.43. The predicted octanol–water partition coefficient (Wildman–Crippen LogP) is 2.46. The van der Waals surface area contributed by atoms with E-state index in [-0.39, 0.29) is 11.2 Å². The molecule has 0 aliphatic carbocycles. The van der Waals surface area contributed by atoms with Crippen molar-refractivity contribution >= 4 is 21.7 Å². The average Bonchev–Trinajstić information content (AvgIpc) is 2.54. The van der Waals surface area contributed by atoms with E-state index in [1.807, 2.05) is 39.3 Å². The van der Waals surface area contributed by atoms with Gasteiger partial charge in [-0.05, 0) is 35.2 Å². The predicted molar refractivity (Wildman–Crippen MR) is 76.5 cm³/mol. The van der Waals surface area contributed by atoms with Crippen LogP contribution < -0.4 is 5.73 Å². The number of aryl methyl sites for hydroxylation is 2. The van der Waals surface area contributed by atoms with Gasteiger partial charge in [0, 0.05) is 6.54 Å². The molecular weight excluding hydrogens is 294 g/mol. The Labute approximate surface area is 117 Å². The Kier molecular flexibility index (Phi) is 4.72. The molecule has 18 heavy (non-hydrogen) atoms. The SMILES string of the molecule is CCn1nc(C)c(Br)c1CC(=O)C(N)C(C)(C)C. The summed E-state index contributed by atoms with van der Waals surface area (Å²) >= 11 is 3.49. The van der Waals surface area contributed by atoms with Gasteiger partial charge >= 0.3 is 0 Å². The number of hydrogen-bond acceptors (Lipinski definition) is 3. The fourth-order valence-corrected chi connectivity index (χ4v) is 2.22. The highest BCUT2D eigenvalue weighted by atomic mass is 79.9. The van der Waals surface area contributed by atoms with Gasteiger partial charge in [-0.2, -0.15) is 5.10 Å². The minimum atomic E-state index is -0.454. The lowest BCUT2D eigenvalue weighted by atomic mass is 9.83. The molecule has 0 spiro atoms. The van der Waals surface area contributed by atoms with E-state index in [9.17, 15) is 4.79 Å². The zero-order valence-corrected chi connectivity index (χ0v) is 13.3.